The van der Waals surface area contributed by atoms with Crippen LogP contribution in [-0.4, -0.2) is 30.8 Å². The van der Waals surface area contributed by atoms with E-state index in [-0.39, 0.29) is 17.4 Å². The van der Waals surface area contributed by atoms with Crippen molar-refractivity contribution in [2.45, 2.75) is 13.8 Å². The van der Waals surface area contributed by atoms with Gasteiger partial charge in [-0.1, -0.05) is 60.7 Å². The van der Waals surface area contributed by atoms with Gasteiger partial charge in [0.25, 0.3) is 0 Å². The number of aryl methyl sites for hydroxylation is 2. The minimum absolute atomic E-state index is 0.0900. The van der Waals surface area contributed by atoms with Crippen LogP contribution < -0.4 is 0 Å². The molecule has 0 aliphatic rings. The Morgan fingerprint density at radius 1 is 0.970 bits per heavy atom. The van der Waals surface area contributed by atoms with Crippen molar-refractivity contribution in [3.05, 3.63) is 89.7 Å². The maximum absolute atomic E-state index is 12.8. The van der Waals surface area contributed by atoms with E-state index < -0.39 is 5.91 Å². The Morgan fingerprint density at radius 2 is 1.67 bits per heavy atom. The van der Waals surface area contributed by atoms with Gasteiger partial charge in [-0.05, 0) is 37.1 Å². The molecular weight excluding hydrogens is 416 g/mol. The van der Waals surface area contributed by atoms with Gasteiger partial charge in [0.2, 0.25) is 11.7 Å². The number of carbonyl (C=O) groups excluding carboxylic acids is 1. The maximum Gasteiger partial charge on any atom is 0.335 e. The summed E-state index contributed by atoms with van der Waals surface area (Å²) in [5.74, 6) is -0.434. The third-order valence-corrected chi connectivity index (χ3v) is 5.53. The third-order valence-electron chi connectivity index (χ3n) is 5.53. The summed E-state index contributed by atoms with van der Waals surface area (Å²) in [5, 5.41) is 23.2. The van der Waals surface area contributed by atoms with Crippen molar-refractivity contribution in [1.29, 1.82) is 0 Å². The molecule has 8 nitrogen and oxygen atoms in total. The Balaban J connectivity index is 1.54. The Bertz CT molecular complexity index is 1440. The second-order valence-electron chi connectivity index (χ2n) is 7.63. The highest BCUT2D eigenvalue weighted by atomic mass is 16.3. The zero-order valence-electron chi connectivity index (χ0n) is 18.0. The first kappa shape index (κ1) is 20.3. The average Bonchev–Trinajstić information content (AvgIpc) is 3.43. The number of hydrogen-bond donors (Lipinski definition) is 2. The van der Waals surface area contributed by atoms with Crippen LogP contribution in [-0.2, 0) is 0 Å². The van der Waals surface area contributed by atoms with Crippen molar-refractivity contribution < 1.29 is 9.90 Å². The average molecular weight is 436 g/mol. The Kier molecular flexibility index (Phi) is 5.02. The molecule has 0 saturated carbocycles. The molecule has 0 spiro atoms. The lowest BCUT2D eigenvalue weighted by Gasteiger charge is -2.05. The van der Waals surface area contributed by atoms with Crippen LogP contribution in [0, 0.1) is 13.8 Å². The van der Waals surface area contributed by atoms with Gasteiger partial charge in [-0.2, -0.15) is 0 Å². The van der Waals surface area contributed by atoms with Crippen LogP contribution in [0.2, 0.25) is 0 Å². The van der Waals surface area contributed by atoms with Crippen LogP contribution in [0.15, 0.2) is 83.0 Å². The summed E-state index contributed by atoms with van der Waals surface area (Å²) in [4.78, 5) is 20.2. The van der Waals surface area contributed by atoms with Crippen molar-refractivity contribution >= 4 is 22.5 Å². The highest BCUT2D eigenvalue weighted by molar-refractivity contribution is 5.97. The molecule has 5 rings (SSSR count). The van der Waals surface area contributed by atoms with Gasteiger partial charge in [0, 0.05) is 10.9 Å². The Morgan fingerprint density at radius 3 is 2.39 bits per heavy atom. The molecule has 0 atom stereocenters. The van der Waals surface area contributed by atoms with Gasteiger partial charge in [0.05, 0.1) is 11.2 Å². The van der Waals surface area contributed by atoms with E-state index in [4.69, 9.17) is 0 Å². The van der Waals surface area contributed by atoms with Crippen molar-refractivity contribution in [2.24, 2.45) is 10.2 Å². The van der Waals surface area contributed by atoms with Crippen molar-refractivity contribution in [3.63, 3.8) is 0 Å². The van der Waals surface area contributed by atoms with Crippen LogP contribution in [0.3, 0.4) is 0 Å². The minimum atomic E-state index is -0.709. The molecule has 0 bridgehead atoms. The van der Waals surface area contributed by atoms with Gasteiger partial charge in [-0.25, -0.2) is 9.67 Å². The normalized spacial score (nSPS) is 11.5. The molecule has 3 aromatic carbocycles. The topological polar surface area (TPSA) is 109 Å². The molecule has 162 valence electrons. The zero-order chi connectivity index (χ0) is 22.9. The molecule has 2 aromatic heterocycles. The smallest absolute Gasteiger partial charge is 0.335 e. The van der Waals surface area contributed by atoms with E-state index in [1.807, 2.05) is 86.6 Å². The lowest BCUT2D eigenvalue weighted by Crippen LogP contribution is -2.01. The predicted molar refractivity (Wildman–Crippen MR) is 125 cm³/mol. The quantitative estimate of drug-likeness (QED) is 0.354. The zero-order valence-corrected chi connectivity index (χ0v) is 18.0. The second-order valence-corrected chi connectivity index (χ2v) is 7.63. The summed E-state index contributed by atoms with van der Waals surface area (Å²) in [6.07, 6.45) is 0. The largest absolute Gasteiger partial charge is 0.493 e. The van der Waals surface area contributed by atoms with Gasteiger partial charge in [-0.15, -0.1) is 15.3 Å². The van der Waals surface area contributed by atoms with Gasteiger partial charge in [-0.3, -0.25) is 4.79 Å². The highest BCUT2D eigenvalue weighted by Crippen LogP contribution is 2.37. The number of nitrogens with zero attached hydrogens (tertiary/aromatic N) is 5. The summed E-state index contributed by atoms with van der Waals surface area (Å²) < 4.78 is 1.60. The summed E-state index contributed by atoms with van der Waals surface area (Å²) in [5.41, 5.74) is 4.60. The number of aromatic hydroxyl groups is 1. The van der Waals surface area contributed by atoms with Gasteiger partial charge < -0.3 is 10.1 Å². The van der Waals surface area contributed by atoms with Crippen molar-refractivity contribution in [3.8, 4) is 23.0 Å². The molecule has 1 amide bonds. The van der Waals surface area contributed by atoms with E-state index in [0.717, 1.165) is 27.9 Å². The number of H-pyrrole nitrogens is 1. The van der Waals surface area contributed by atoms with Gasteiger partial charge >= 0.3 is 5.91 Å². The number of para-hydroxylation sites is 1. The standard InChI is InChI=1S/C25H20N6O2/c1-15-13-14-19-20(16(15)2)26-24(32)21(19)28-29-25(33)22-27-23(17-9-5-3-6-10-17)31(30-22)18-11-7-4-8-12-18/h3-14,26,32H,1-2H3. The summed E-state index contributed by atoms with van der Waals surface area (Å²) in [6, 6.07) is 22.7. The van der Waals surface area contributed by atoms with E-state index in [1.165, 1.54) is 0 Å². The van der Waals surface area contributed by atoms with E-state index in [9.17, 15) is 9.90 Å². The number of aromatic amines is 1. The third kappa shape index (κ3) is 3.67. The summed E-state index contributed by atoms with van der Waals surface area (Å²) in [7, 11) is 0. The number of aromatic nitrogens is 4. The van der Waals surface area contributed by atoms with Crippen LogP contribution in [0.5, 0.6) is 5.88 Å². The molecule has 0 fully saturated rings. The van der Waals surface area contributed by atoms with E-state index in [2.05, 4.69) is 25.3 Å². The number of fused-ring (bicyclic) bond motifs is 1. The lowest BCUT2D eigenvalue weighted by atomic mass is 10.1. The van der Waals surface area contributed by atoms with Crippen LogP contribution in [0.25, 0.3) is 28.0 Å². The first-order valence-electron chi connectivity index (χ1n) is 10.4. The minimum Gasteiger partial charge on any atom is -0.493 e. The number of rotatable bonds is 4. The van der Waals surface area contributed by atoms with Crippen molar-refractivity contribution in [1.82, 2.24) is 19.7 Å². The Hall–Kier alpha value is -4.59. The first-order chi connectivity index (χ1) is 16.0. The molecular formula is C25H20N6O2. The van der Waals surface area contributed by atoms with Gasteiger partial charge in [0.15, 0.2) is 11.5 Å². The Labute approximate surface area is 189 Å². The number of benzene rings is 3. The fourth-order valence-electron chi connectivity index (χ4n) is 3.65. The fraction of sp³-hybridized carbons (Fsp3) is 0.0800. The second kappa shape index (κ2) is 8.16. The summed E-state index contributed by atoms with van der Waals surface area (Å²) in [6.45, 7) is 3.93. The first-order valence-corrected chi connectivity index (χ1v) is 10.4. The number of azo groups is 1. The SMILES string of the molecule is Cc1ccc2c(N=NC(=O)c3nc(-c4ccccc4)n(-c4ccccc4)n3)c(O)[nH]c2c1C. The number of amides is 1. The van der Waals surface area contributed by atoms with E-state index in [0.29, 0.717) is 11.2 Å². The molecule has 33 heavy (non-hydrogen) atoms. The predicted octanol–water partition coefficient (Wildman–Crippen LogP) is 5.66. The molecule has 0 aliphatic carbocycles. The van der Waals surface area contributed by atoms with Gasteiger partial charge in [0.1, 0.15) is 0 Å². The van der Waals surface area contributed by atoms with Crippen LogP contribution >= 0.6 is 0 Å². The molecule has 5 aromatic rings. The molecule has 0 radical (unpaired) electrons. The maximum atomic E-state index is 12.8. The highest BCUT2D eigenvalue weighted by Gasteiger charge is 2.19. The number of hydrogen-bond acceptors (Lipinski definition) is 5. The van der Waals surface area contributed by atoms with Crippen LogP contribution in [0.1, 0.15) is 21.7 Å². The fourth-order valence-corrected chi connectivity index (χ4v) is 3.65. The monoisotopic (exact) mass is 436 g/mol. The molecule has 2 N–H and O–H groups in total. The van der Waals surface area contributed by atoms with Crippen LogP contribution in [0.4, 0.5) is 5.69 Å². The molecule has 0 aliphatic heterocycles. The molecule has 0 saturated heterocycles. The summed E-state index contributed by atoms with van der Waals surface area (Å²) >= 11 is 0. The van der Waals surface area contributed by atoms with E-state index in [1.54, 1.807) is 4.68 Å². The molecule has 2 heterocycles. The van der Waals surface area contributed by atoms with Crippen molar-refractivity contribution in [2.75, 3.05) is 0 Å². The molecule has 8 heteroatoms. The molecule has 0 unspecified atom stereocenters. The number of carbonyl (C=O) groups is 1. The lowest BCUT2D eigenvalue weighted by molar-refractivity contribution is 0.0985. The van der Waals surface area contributed by atoms with E-state index >= 15 is 0 Å². The number of nitrogens with one attached hydrogen (secondary N) is 1.